The Kier molecular flexibility index (Phi) is 3.38. The quantitative estimate of drug-likeness (QED) is 0.880. The highest BCUT2D eigenvalue weighted by atomic mass is 16.3. The summed E-state index contributed by atoms with van der Waals surface area (Å²) in [6.07, 6.45) is 5.51. The zero-order valence-corrected chi connectivity index (χ0v) is 11.2. The Hall–Kier alpha value is -1.62. The summed E-state index contributed by atoms with van der Waals surface area (Å²) < 4.78 is 1.80. The number of hydrogen-bond acceptors (Lipinski definition) is 4. The van der Waals surface area contributed by atoms with Gasteiger partial charge in [-0.25, -0.2) is 4.52 Å². The molecule has 3 rings (SSSR count). The average Bonchev–Trinajstić information content (AvgIpc) is 3.01. The second-order valence-electron chi connectivity index (χ2n) is 5.46. The molecule has 2 atom stereocenters. The monoisotopic (exact) mass is 260 g/mol. The summed E-state index contributed by atoms with van der Waals surface area (Å²) in [5.41, 5.74) is 2.03. The van der Waals surface area contributed by atoms with E-state index >= 15 is 0 Å². The maximum absolute atomic E-state index is 9.32. The molecule has 0 radical (unpaired) electrons. The number of aliphatic hydroxyl groups excluding tert-OH is 1. The second-order valence-corrected chi connectivity index (χ2v) is 5.46. The number of nitrogens with one attached hydrogen (secondary N) is 1. The maximum Gasteiger partial charge on any atom is 0.243 e. The Bertz CT molecular complexity index is 566. The van der Waals surface area contributed by atoms with Gasteiger partial charge in [0.2, 0.25) is 5.95 Å². The predicted octanol–water partition coefficient (Wildman–Crippen LogP) is 1.86. The van der Waals surface area contributed by atoms with Crippen molar-refractivity contribution in [1.82, 2.24) is 14.6 Å². The normalized spacial score (nSPS) is 23.1. The van der Waals surface area contributed by atoms with E-state index in [4.69, 9.17) is 0 Å². The molecule has 5 heteroatoms. The number of aliphatic hydroxyl groups is 1. The van der Waals surface area contributed by atoms with E-state index < -0.39 is 0 Å². The highest BCUT2D eigenvalue weighted by Gasteiger charge is 2.26. The molecule has 0 aliphatic heterocycles. The lowest BCUT2D eigenvalue weighted by atomic mass is 9.97. The molecule has 2 N–H and O–H groups in total. The largest absolute Gasteiger partial charge is 0.396 e. The van der Waals surface area contributed by atoms with E-state index in [-0.39, 0.29) is 0 Å². The standard InChI is InChI=1S/C14H20N4O/c1-10-5-6-13-16-14(17-18(13)8-10)15-7-11-3-2-4-12(11)9-19/h5-6,8,11-12,19H,2-4,7,9H2,1H3,(H,15,17). The summed E-state index contributed by atoms with van der Waals surface area (Å²) in [6, 6.07) is 4.01. The minimum atomic E-state index is 0.296. The summed E-state index contributed by atoms with van der Waals surface area (Å²) in [6.45, 7) is 3.18. The van der Waals surface area contributed by atoms with Gasteiger partial charge in [-0.1, -0.05) is 12.5 Å². The first kappa shape index (κ1) is 12.4. The van der Waals surface area contributed by atoms with Crippen molar-refractivity contribution in [2.24, 2.45) is 11.8 Å². The van der Waals surface area contributed by atoms with Crippen molar-refractivity contribution in [3.8, 4) is 0 Å². The van der Waals surface area contributed by atoms with Crippen molar-refractivity contribution in [1.29, 1.82) is 0 Å². The van der Waals surface area contributed by atoms with E-state index in [0.29, 0.717) is 24.4 Å². The third-order valence-corrected chi connectivity index (χ3v) is 4.05. The summed E-state index contributed by atoms with van der Waals surface area (Å²) >= 11 is 0. The van der Waals surface area contributed by atoms with Crippen molar-refractivity contribution < 1.29 is 5.11 Å². The molecule has 2 heterocycles. The van der Waals surface area contributed by atoms with E-state index in [9.17, 15) is 5.11 Å². The SMILES string of the molecule is Cc1ccc2nc(NCC3CCCC3CO)nn2c1. The molecular weight excluding hydrogens is 240 g/mol. The Morgan fingerprint density at radius 1 is 1.37 bits per heavy atom. The van der Waals surface area contributed by atoms with Crippen LogP contribution in [0.4, 0.5) is 5.95 Å². The van der Waals surface area contributed by atoms with E-state index in [1.807, 2.05) is 25.3 Å². The number of aromatic nitrogens is 3. The van der Waals surface area contributed by atoms with Crippen molar-refractivity contribution in [3.63, 3.8) is 0 Å². The highest BCUT2D eigenvalue weighted by Crippen LogP contribution is 2.31. The molecule has 1 aliphatic carbocycles. The third-order valence-electron chi connectivity index (χ3n) is 4.05. The van der Waals surface area contributed by atoms with Gasteiger partial charge < -0.3 is 10.4 Å². The van der Waals surface area contributed by atoms with E-state index in [0.717, 1.165) is 18.6 Å². The van der Waals surface area contributed by atoms with E-state index in [1.165, 1.54) is 18.4 Å². The fraction of sp³-hybridized carbons (Fsp3) is 0.571. The third kappa shape index (κ3) is 2.56. The van der Waals surface area contributed by atoms with Crippen molar-refractivity contribution >= 4 is 11.6 Å². The lowest BCUT2D eigenvalue weighted by Gasteiger charge is -2.16. The van der Waals surface area contributed by atoms with Gasteiger partial charge in [0.25, 0.3) is 0 Å². The van der Waals surface area contributed by atoms with Gasteiger partial charge >= 0.3 is 0 Å². The van der Waals surface area contributed by atoms with Crippen LogP contribution in [0, 0.1) is 18.8 Å². The van der Waals surface area contributed by atoms with Crippen LogP contribution in [0.1, 0.15) is 24.8 Å². The van der Waals surface area contributed by atoms with Gasteiger partial charge in [0, 0.05) is 19.3 Å². The van der Waals surface area contributed by atoms with Crippen LogP contribution in [0.25, 0.3) is 5.65 Å². The Morgan fingerprint density at radius 3 is 3.05 bits per heavy atom. The van der Waals surface area contributed by atoms with Gasteiger partial charge in [-0.2, -0.15) is 4.98 Å². The minimum Gasteiger partial charge on any atom is -0.396 e. The summed E-state index contributed by atoms with van der Waals surface area (Å²) in [5.74, 6) is 1.65. The van der Waals surface area contributed by atoms with Crippen LogP contribution in [-0.2, 0) is 0 Å². The zero-order valence-electron chi connectivity index (χ0n) is 11.2. The molecule has 0 aromatic carbocycles. The molecule has 5 nitrogen and oxygen atoms in total. The van der Waals surface area contributed by atoms with Crippen molar-refractivity contribution in [2.45, 2.75) is 26.2 Å². The summed E-state index contributed by atoms with van der Waals surface area (Å²) in [7, 11) is 0. The fourth-order valence-electron chi connectivity index (χ4n) is 2.91. The fourth-order valence-corrected chi connectivity index (χ4v) is 2.91. The van der Waals surface area contributed by atoms with Crippen molar-refractivity contribution in [2.75, 3.05) is 18.5 Å². The predicted molar refractivity (Wildman–Crippen MR) is 74.1 cm³/mol. The number of rotatable bonds is 4. The Balaban J connectivity index is 1.68. The number of nitrogens with zero attached hydrogens (tertiary/aromatic N) is 3. The van der Waals surface area contributed by atoms with E-state index in [1.54, 1.807) is 4.52 Å². The number of anilines is 1. The molecule has 0 spiro atoms. The number of aryl methyl sites for hydroxylation is 1. The molecule has 2 unspecified atom stereocenters. The lowest BCUT2D eigenvalue weighted by molar-refractivity contribution is 0.199. The van der Waals surface area contributed by atoms with Crippen molar-refractivity contribution in [3.05, 3.63) is 23.9 Å². The molecule has 1 saturated carbocycles. The minimum absolute atomic E-state index is 0.296. The number of hydrogen-bond donors (Lipinski definition) is 2. The molecule has 2 aromatic heterocycles. The molecule has 1 aliphatic rings. The van der Waals surface area contributed by atoms with Crippen LogP contribution in [0.5, 0.6) is 0 Å². The van der Waals surface area contributed by atoms with Gasteiger partial charge in [0.15, 0.2) is 5.65 Å². The molecule has 2 aromatic rings. The zero-order chi connectivity index (χ0) is 13.2. The molecule has 1 fully saturated rings. The van der Waals surface area contributed by atoms with Crippen LogP contribution in [0.3, 0.4) is 0 Å². The van der Waals surface area contributed by atoms with Crippen LogP contribution >= 0.6 is 0 Å². The first-order chi connectivity index (χ1) is 9.26. The Morgan fingerprint density at radius 2 is 2.21 bits per heavy atom. The Labute approximate surface area is 112 Å². The van der Waals surface area contributed by atoms with E-state index in [2.05, 4.69) is 15.4 Å². The molecule has 0 bridgehead atoms. The second kappa shape index (κ2) is 5.17. The van der Waals surface area contributed by atoms with Gasteiger partial charge in [0.05, 0.1) is 0 Å². The first-order valence-corrected chi connectivity index (χ1v) is 6.94. The topological polar surface area (TPSA) is 62.5 Å². The first-order valence-electron chi connectivity index (χ1n) is 6.94. The average molecular weight is 260 g/mol. The molecular formula is C14H20N4O. The summed E-state index contributed by atoms with van der Waals surface area (Å²) in [5, 5.41) is 17.0. The van der Waals surface area contributed by atoms with Crippen LogP contribution in [0.2, 0.25) is 0 Å². The smallest absolute Gasteiger partial charge is 0.243 e. The molecule has 102 valence electrons. The lowest BCUT2D eigenvalue weighted by Crippen LogP contribution is -2.21. The van der Waals surface area contributed by atoms with Crippen LogP contribution in [0.15, 0.2) is 18.3 Å². The molecule has 19 heavy (non-hydrogen) atoms. The molecule has 0 saturated heterocycles. The van der Waals surface area contributed by atoms with Crippen LogP contribution in [-0.4, -0.2) is 32.9 Å². The van der Waals surface area contributed by atoms with Gasteiger partial charge in [-0.05, 0) is 43.2 Å². The maximum atomic E-state index is 9.32. The van der Waals surface area contributed by atoms with Crippen LogP contribution < -0.4 is 5.32 Å². The van der Waals surface area contributed by atoms with Gasteiger partial charge in [-0.3, -0.25) is 0 Å². The molecule has 0 amide bonds. The number of pyridine rings is 1. The summed E-state index contributed by atoms with van der Waals surface area (Å²) in [4.78, 5) is 4.44. The highest BCUT2D eigenvalue weighted by molar-refractivity contribution is 5.44. The van der Waals surface area contributed by atoms with Gasteiger partial charge in [0.1, 0.15) is 0 Å². The number of fused-ring (bicyclic) bond motifs is 1. The van der Waals surface area contributed by atoms with Gasteiger partial charge in [-0.15, -0.1) is 5.10 Å².